The third-order valence-electron chi connectivity index (χ3n) is 3.81. The molecule has 0 bridgehead atoms. The normalized spacial score (nSPS) is 12.8. The van der Waals surface area contributed by atoms with Gasteiger partial charge in [-0.3, -0.25) is 9.59 Å². The van der Waals surface area contributed by atoms with Crippen molar-refractivity contribution in [3.05, 3.63) is 73.2 Å². The number of anilines is 1. The van der Waals surface area contributed by atoms with E-state index in [9.17, 15) is 14.4 Å². The molecule has 0 saturated carbocycles. The van der Waals surface area contributed by atoms with Crippen LogP contribution >= 0.6 is 11.6 Å². The Morgan fingerprint density at radius 1 is 1.31 bits per heavy atom. The van der Waals surface area contributed by atoms with Gasteiger partial charge in [0.05, 0.1) is 16.3 Å². The van der Waals surface area contributed by atoms with Crippen LogP contribution in [0.1, 0.15) is 34.1 Å². The molecule has 26 heavy (non-hydrogen) atoms. The van der Waals surface area contributed by atoms with Gasteiger partial charge in [0, 0.05) is 11.4 Å². The molecule has 8 heteroatoms. The minimum absolute atomic E-state index is 0.0331. The van der Waals surface area contributed by atoms with Crippen LogP contribution in [0.25, 0.3) is 6.08 Å². The van der Waals surface area contributed by atoms with Crippen LogP contribution < -0.4 is 21.6 Å². The average molecular weight is 372 g/mol. The summed E-state index contributed by atoms with van der Waals surface area (Å²) in [7, 11) is 0. The third-order valence-corrected chi connectivity index (χ3v) is 4.14. The Balaban J connectivity index is 2.00. The first kappa shape index (κ1) is 17.6. The Hall–Kier alpha value is -3.19. The zero-order valence-electron chi connectivity index (χ0n) is 13.7. The number of carboxylic acids is 1. The highest BCUT2D eigenvalue weighted by molar-refractivity contribution is 6.34. The molecule has 0 spiro atoms. The Labute approximate surface area is 152 Å². The number of halogens is 1. The number of aromatic carboxylic acids is 1. The predicted molar refractivity (Wildman–Crippen MR) is 97.0 cm³/mol. The van der Waals surface area contributed by atoms with E-state index in [0.717, 1.165) is 5.57 Å². The number of benzene rings is 1. The van der Waals surface area contributed by atoms with E-state index >= 15 is 0 Å². The van der Waals surface area contributed by atoms with E-state index in [0.29, 0.717) is 17.1 Å². The van der Waals surface area contributed by atoms with Gasteiger partial charge < -0.3 is 15.4 Å². The lowest BCUT2D eigenvalue weighted by Crippen LogP contribution is -2.38. The van der Waals surface area contributed by atoms with Crippen LogP contribution in [0.15, 0.2) is 45.8 Å². The lowest BCUT2D eigenvalue weighted by molar-refractivity contribution is 0.0696. The first-order valence-corrected chi connectivity index (χ1v) is 8.04. The molecular formula is C18H14ClN3O4. The summed E-state index contributed by atoms with van der Waals surface area (Å²) in [5, 5.41) is 12.3. The van der Waals surface area contributed by atoms with Gasteiger partial charge in [0.25, 0.3) is 11.5 Å². The number of allylic oxidation sites excluding steroid dienone is 1. The zero-order chi connectivity index (χ0) is 18.8. The molecule has 2 aromatic rings. The standard InChI is InChI=1S/C18H14ClN3O4/c1-9-2-3-10-6-12(17(24)22-15(10)20-8-9)16(23)21-14-7-11(18(25)26)4-5-13(14)19/h3-8H,2H2,1H3,(H,21,23)(H,25,26)(H,20,22,24). The smallest absolute Gasteiger partial charge is 0.335 e. The lowest BCUT2D eigenvalue weighted by Gasteiger charge is -2.08. The van der Waals surface area contributed by atoms with Gasteiger partial charge in [-0.2, -0.15) is 0 Å². The number of carboxylic acid groups (broad SMARTS) is 1. The summed E-state index contributed by atoms with van der Waals surface area (Å²) in [6, 6.07) is 5.37. The highest BCUT2D eigenvalue weighted by atomic mass is 35.5. The molecule has 0 radical (unpaired) electrons. The van der Waals surface area contributed by atoms with E-state index in [-0.39, 0.29) is 21.8 Å². The maximum absolute atomic E-state index is 12.5. The van der Waals surface area contributed by atoms with Crippen molar-refractivity contribution in [2.45, 2.75) is 13.3 Å². The first-order chi connectivity index (χ1) is 12.3. The number of nitrogens with one attached hydrogen (secondary N) is 2. The van der Waals surface area contributed by atoms with Crippen molar-refractivity contribution >= 4 is 35.2 Å². The van der Waals surface area contributed by atoms with Crippen LogP contribution in [-0.2, 0) is 0 Å². The van der Waals surface area contributed by atoms with Crippen LogP contribution in [0.5, 0.6) is 0 Å². The maximum Gasteiger partial charge on any atom is 0.335 e. The van der Waals surface area contributed by atoms with Crippen LogP contribution in [0.3, 0.4) is 0 Å². The number of amides is 1. The Morgan fingerprint density at radius 3 is 2.81 bits per heavy atom. The van der Waals surface area contributed by atoms with Crippen molar-refractivity contribution < 1.29 is 14.7 Å². The summed E-state index contributed by atoms with van der Waals surface area (Å²) in [5.41, 5.74) is 0.759. The van der Waals surface area contributed by atoms with Gasteiger partial charge in [-0.25, -0.2) is 9.79 Å². The molecule has 3 N–H and O–H groups in total. The SMILES string of the molecule is CC1=CN=c2[nH]c(=O)c(C(=O)Nc3cc(C(=O)O)ccc3Cl)cc2=CC1. The quantitative estimate of drug-likeness (QED) is 0.762. The summed E-state index contributed by atoms with van der Waals surface area (Å²) >= 11 is 6.00. The van der Waals surface area contributed by atoms with Crippen molar-refractivity contribution in [3.8, 4) is 0 Å². The highest BCUT2D eigenvalue weighted by Crippen LogP contribution is 2.23. The Morgan fingerprint density at radius 2 is 2.08 bits per heavy atom. The van der Waals surface area contributed by atoms with Crippen molar-refractivity contribution in [1.82, 2.24) is 4.98 Å². The highest BCUT2D eigenvalue weighted by Gasteiger charge is 2.15. The molecule has 0 fully saturated rings. The maximum atomic E-state index is 12.5. The van der Waals surface area contributed by atoms with Crippen molar-refractivity contribution in [2.24, 2.45) is 4.99 Å². The summed E-state index contributed by atoms with van der Waals surface area (Å²) < 4.78 is 0. The van der Waals surface area contributed by atoms with Gasteiger partial charge in [0.2, 0.25) is 0 Å². The van der Waals surface area contributed by atoms with Crippen molar-refractivity contribution in [1.29, 1.82) is 0 Å². The van der Waals surface area contributed by atoms with Gasteiger partial charge in [-0.15, -0.1) is 0 Å². The van der Waals surface area contributed by atoms with Gasteiger partial charge in [-0.05, 0) is 37.6 Å². The average Bonchev–Trinajstić information content (AvgIpc) is 2.77. The molecule has 1 amide bonds. The predicted octanol–water partition coefficient (Wildman–Crippen LogP) is 1.69. The van der Waals surface area contributed by atoms with E-state index < -0.39 is 17.4 Å². The number of rotatable bonds is 3. The molecule has 0 aliphatic carbocycles. The van der Waals surface area contributed by atoms with E-state index in [1.54, 1.807) is 6.20 Å². The second-order valence-corrected chi connectivity index (χ2v) is 6.19. The van der Waals surface area contributed by atoms with E-state index in [1.165, 1.54) is 24.3 Å². The van der Waals surface area contributed by atoms with E-state index in [4.69, 9.17) is 16.7 Å². The molecule has 1 aliphatic rings. The Bertz CT molecular complexity index is 1130. The number of hydrogen-bond donors (Lipinski definition) is 3. The van der Waals surface area contributed by atoms with Crippen LogP contribution in [0, 0.1) is 0 Å². The molecule has 1 aromatic heterocycles. The summed E-state index contributed by atoms with van der Waals surface area (Å²) in [6.45, 7) is 1.91. The minimum Gasteiger partial charge on any atom is -0.478 e. The molecule has 1 aromatic carbocycles. The largest absolute Gasteiger partial charge is 0.478 e. The minimum atomic E-state index is -1.15. The van der Waals surface area contributed by atoms with Crippen LogP contribution in [0.2, 0.25) is 5.02 Å². The lowest BCUT2D eigenvalue weighted by atomic mass is 10.1. The van der Waals surface area contributed by atoms with Gasteiger partial charge in [-0.1, -0.05) is 23.3 Å². The number of carbonyl (C=O) groups excluding carboxylic acids is 1. The molecule has 3 rings (SSSR count). The van der Waals surface area contributed by atoms with Gasteiger partial charge in [0.15, 0.2) is 0 Å². The fourth-order valence-corrected chi connectivity index (χ4v) is 2.57. The summed E-state index contributed by atoms with van der Waals surface area (Å²) in [4.78, 5) is 42.6. The third kappa shape index (κ3) is 3.57. The number of nitrogens with zero attached hydrogens (tertiary/aromatic N) is 1. The summed E-state index contributed by atoms with van der Waals surface area (Å²) in [6.07, 6.45) is 4.17. The van der Waals surface area contributed by atoms with Crippen LogP contribution in [-0.4, -0.2) is 22.0 Å². The monoisotopic (exact) mass is 371 g/mol. The summed E-state index contributed by atoms with van der Waals surface area (Å²) in [5.74, 6) is -1.85. The van der Waals surface area contributed by atoms with E-state index in [2.05, 4.69) is 15.3 Å². The number of aromatic amines is 1. The number of H-pyrrole nitrogens is 1. The topological polar surface area (TPSA) is 112 Å². The van der Waals surface area contributed by atoms with Crippen molar-refractivity contribution in [2.75, 3.05) is 5.32 Å². The number of hydrogen-bond acceptors (Lipinski definition) is 4. The number of carbonyl (C=O) groups is 2. The van der Waals surface area contributed by atoms with Gasteiger partial charge in [0.1, 0.15) is 11.1 Å². The first-order valence-electron chi connectivity index (χ1n) is 7.66. The van der Waals surface area contributed by atoms with Crippen molar-refractivity contribution in [3.63, 3.8) is 0 Å². The number of pyridine rings is 1. The molecule has 0 atom stereocenters. The molecule has 2 heterocycles. The molecule has 132 valence electrons. The fraction of sp³-hybridized carbons (Fsp3) is 0.111. The van der Waals surface area contributed by atoms with E-state index in [1.807, 2.05) is 13.0 Å². The molecule has 7 nitrogen and oxygen atoms in total. The number of fused-ring (bicyclic) bond motifs is 1. The zero-order valence-corrected chi connectivity index (χ0v) is 14.4. The number of aromatic nitrogens is 1. The second kappa shape index (κ2) is 6.97. The molecule has 1 aliphatic heterocycles. The van der Waals surface area contributed by atoms with Crippen LogP contribution in [0.4, 0.5) is 5.69 Å². The fourth-order valence-electron chi connectivity index (χ4n) is 2.41. The molecular weight excluding hydrogens is 358 g/mol. The Kier molecular flexibility index (Phi) is 4.73. The molecule has 0 saturated heterocycles. The van der Waals surface area contributed by atoms with Gasteiger partial charge >= 0.3 is 5.97 Å². The second-order valence-electron chi connectivity index (χ2n) is 5.78. The molecule has 0 unspecified atom stereocenters.